The first kappa shape index (κ1) is 18.5. The van der Waals surface area contributed by atoms with Crippen molar-refractivity contribution in [3.05, 3.63) is 66.7 Å². The third-order valence-electron chi connectivity index (χ3n) is 4.42. The third kappa shape index (κ3) is 3.89. The molecule has 0 saturated heterocycles. The minimum absolute atomic E-state index is 0.0772. The van der Waals surface area contributed by atoms with Crippen LogP contribution in [0.5, 0.6) is 11.5 Å². The molecule has 1 heterocycles. The Kier molecular flexibility index (Phi) is 5.11. The number of fused-ring (bicyclic) bond motifs is 1. The monoisotopic (exact) mass is 389 g/mol. The van der Waals surface area contributed by atoms with E-state index in [2.05, 4.69) is 15.5 Å². The Hall–Kier alpha value is -3.87. The third-order valence-corrected chi connectivity index (χ3v) is 4.42. The van der Waals surface area contributed by atoms with E-state index in [-0.39, 0.29) is 5.95 Å². The van der Waals surface area contributed by atoms with Gasteiger partial charge >= 0.3 is 0 Å². The Balaban J connectivity index is 1.49. The van der Waals surface area contributed by atoms with Crippen molar-refractivity contribution in [1.82, 2.24) is 10.1 Å². The molecule has 0 radical (unpaired) electrons. The van der Waals surface area contributed by atoms with Gasteiger partial charge in [-0.25, -0.2) is 0 Å². The van der Waals surface area contributed by atoms with Crippen LogP contribution in [-0.2, 0) is 4.79 Å². The molecule has 0 aliphatic rings. The van der Waals surface area contributed by atoms with E-state index in [1.165, 1.54) is 0 Å². The van der Waals surface area contributed by atoms with Gasteiger partial charge in [-0.1, -0.05) is 48.5 Å². The number of rotatable bonds is 6. The van der Waals surface area contributed by atoms with Gasteiger partial charge < -0.3 is 14.0 Å². The molecule has 29 heavy (non-hydrogen) atoms. The van der Waals surface area contributed by atoms with Crippen molar-refractivity contribution in [3.63, 3.8) is 0 Å². The van der Waals surface area contributed by atoms with Gasteiger partial charge in [-0.05, 0) is 41.1 Å². The summed E-state index contributed by atoms with van der Waals surface area (Å²) in [5.74, 6) is 1.03. The predicted molar refractivity (Wildman–Crippen MR) is 109 cm³/mol. The fourth-order valence-electron chi connectivity index (χ4n) is 2.97. The number of nitrogens with one attached hydrogen (secondary N) is 1. The zero-order valence-corrected chi connectivity index (χ0v) is 16.0. The molecule has 0 fully saturated rings. The van der Waals surface area contributed by atoms with Crippen molar-refractivity contribution >= 4 is 22.6 Å². The number of ether oxygens (including phenoxy) is 2. The van der Waals surface area contributed by atoms with Gasteiger partial charge in [0.2, 0.25) is 0 Å². The van der Waals surface area contributed by atoms with Crippen LogP contribution in [0.1, 0.15) is 6.92 Å². The summed E-state index contributed by atoms with van der Waals surface area (Å²) in [5.41, 5.74) is 0.800. The average molecular weight is 389 g/mol. The maximum absolute atomic E-state index is 12.5. The lowest BCUT2D eigenvalue weighted by Gasteiger charge is -2.15. The normalized spacial score (nSPS) is 11.8. The molecule has 7 heteroatoms. The first-order chi connectivity index (χ1) is 14.2. The van der Waals surface area contributed by atoms with Crippen molar-refractivity contribution in [2.24, 2.45) is 0 Å². The molecule has 1 aromatic heterocycles. The average Bonchev–Trinajstić information content (AvgIpc) is 3.22. The van der Waals surface area contributed by atoms with E-state index >= 15 is 0 Å². The largest absolute Gasteiger partial charge is 0.493 e. The highest BCUT2D eigenvalue weighted by Crippen LogP contribution is 2.29. The summed E-state index contributed by atoms with van der Waals surface area (Å²) >= 11 is 0. The molecule has 3 aromatic carbocycles. The van der Waals surface area contributed by atoms with Gasteiger partial charge in [0.25, 0.3) is 17.7 Å². The number of hydrogen-bond acceptors (Lipinski definition) is 6. The quantitative estimate of drug-likeness (QED) is 0.529. The molecule has 4 aromatic rings. The lowest BCUT2D eigenvalue weighted by atomic mass is 10.0. The van der Waals surface area contributed by atoms with E-state index in [1.54, 1.807) is 32.2 Å². The van der Waals surface area contributed by atoms with E-state index < -0.39 is 12.0 Å². The molecule has 1 amide bonds. The van der Waals surface area contributed by atoms with Crippen LogP contribution in [0.25, 0.3) is 22.2 Å². The van der Waals surface area contributed by atoms with Crippen LogP contribution in [0.15, 0.2) is 71.3 Å². The minimum atomic E-state index is -0.786. The van der Waals surface area contributed by atoms with E-state index in [1.807, 2.05) is 48.5 Å². The highest BCUT2D eigenvalue weighted by atomic mass is 16.5. The first-order valence-corrected chi connectivity index (χ1v) is 9.08. The van der Waals surface area contributed by atoms with Crippen LogP contribution < -0.4 is 14.8 Å². The summed E-state index contributed by atoms with van der Waals surface area (Å²) < 4.78 is 16.3. The number of para-hydroxylation sites is 2. The smallest absolute Gasteiger partial charge is 0.270 e. The Morgan fingerprint density at radius 2 is 1.72 bits per heavy atom. The number of carbonyl (C=O) groups is 1. The molecule has 0 aliphatic carbocycles. The van der Waals surface area contributed by atoms with Gasteiger partial charge in [-0.3, -0.25) is 10.1 Å². The number of methoxy groups -OCH3 is 1. The Labute approximate surface area is 167 Å². The number of hydrogen-bond donors (Lipinski definition) is 1. The van der Waals surface area contributed by atoms with Crippen molar-refractivity contribution in [2.75, 3.05) is 12.4 Å². The number of anilines is 1. The van der Waals surface area contributed by atoms with Crippen LogP contribution >= 0.6 is 0 Å². The van der Waals surface area contributed by atoms with Crippen molar-refractivity contribution in [1.29, 1.82) is 0 Å². The molecule has 7 nitrogen and oxygen atoms in total. The fourth-order valence-corrected chi connectivity index (χ4v) is 2.97. The van der Waals surface area contributed by atoms with Crippen molar-refractivity contribution < 1.29 is 18.8 Å². The van der Waals surface area contributed by atoms with E-state index in [0.717, 1.165) is 16.3 Å². The Bertz CT molecular complexity index is 1150. The summed E-state index contributed by atoms with van der Waals surface area (Å²) in [6.07, 6.45) is -0.786. The molecule has 1 N–H and O–H groups in total. The highest BCUT2D eigenvalue weighted by molar-refractivity contribution is 5.95. The Morgan fingerprint density at radius 3 is 2.55 bits per heavy atom. The molecule has 0 spiro atoms. The van der Waals surface area contributed by atoms with Crippen LogP contribution in [0, 0.1) is 0 Å². The Morgan fingerprint density at radius 1 is 1.00 bits per heavy atom. The summed E-state index contributed by atoms with van der Waals surface area (Å²) in [6, 6.07) is 20.8. The molecule has 146 valence electrons. The van der Waals surface area contributed by atoms with Crippen molar-refractivity contribution in [2.45, 2.75) is 13.0 Å². The minimum Gasteiger partial charge on any atom is -0.493 e. The molecule has 0 unspecified atom stereocenters. The lowest BCUT2D eigenvalue weighted by Crippen LogP contribution is -2.30. The van der Waals surface area contributed by atoms with Crippen LogP contribution in [0.2, 0.25) is 0 Å². The zero-order chi connectivity index (χ0) is 20.2. The summed E-state index contributed by atoms with van der Waals surface area (Å²) in [5, 5.41) is 8.53. The standard InChI is InChI=1S/C22H19N3O4/c1-14(28-19-13-6-5-12-18(19)27-2)20(26)23-22-24-21(29-25-22)17-11-7-9-15-8-3-4-10-16(15)17/h3-14H,1-2H3,(H,23,25,26)/t14-/m0/s1. The topological polar surface area (TPSA) is 86.5 Å². The van der Waals surface area contributed by atoms with Gasteiger partial charge in [-0.2, -0.15) is 4.98 Å². The van der Waals surface area contributed by atoms with Gasteiger partial charge in [0, 0.05) is 5.56 Å². The maximum atomic E-state index is 12.5. The molecule has 0 saturated carbocycles. The molecular weight excluding hydrogens is 370 g/mol. The van der Waals surface area contributed by atoms with E-state index in [0.29, 0.717) is 17.4 Å². The van der Waals surface area contributed by atoms with E-state index in [9.17, 15) is 4.79 Å². The second-order valence-electron chi connectivity index (χ2n) is 6.35. The molecule has 0 aliphatic heterocycles. The first-order valence-electron chi connectivity index (χ1n) is 9.08. The van der Waals surface area contributed by atoms with Crippen LogP contribution in [0.3, 0.4) is 0 Å². The summed E-state index contributed by atoms with van der Waals surface area (Å²) in [7, 11) is 1.54. The molecule has 0 bridgehead atoms. The summed E-state index contributed by atoms with van der Waals surface area (Å²) in [4.78, 5) is 16.8. The van der Waals surface area contributed by atoms with Crippen molar-refractivity contribution in [3.8, 4) is 23.0 Å². The van der Waals surface area contributed by atoms with Gasteiger partial charge in [0.1, 0.15) is 0 Å². The second kappa shape index (κ2) is 8.02. The van der Waals surface area contributed by atoms with E-state index in [4.69, 9.17) is 14.0 Å². The second-order valence-corrected chi connectivity index (χ2v) is 6.35. The lowest BCUT2D eigenvalue weighted by molar-refractivity contribution is -0.122. The van der Waals surface area contributed by atoms with Crippen LogP contribution in [-0.4, -0.2) is 29.3 Å². The molecule has 4 rings (SSSR count). The van der Waals surface area contributed by atoms with Gasteiger partial charge in [0.05, 0.1) is 7.11 Å². The summed E-state index contributed by atoms with van der Waals surface area (Å²) in [6.45, 7) is 1.63. The predicted octanol–water partition coefficient (Wildman–Crippen LogP) is 4.30. The number of nitrogens with zero attached hydrogens (tertiary/aromatic N) is 2. The highest BCUT2D eigenvalue weighted by Gasteiger charge is 2.20. The SMILES string of the molecule is COc1ccccc1O[C@@H](C)C(=O)Nc1noc(-c2cccc3ccccc23)n1. The number of aromatic nitrogens is 2. The fraction of sp³-hybridized carbons (Fsp3) is 0.136. The van der Waals surface area contributed by atoms with Gasteiger partial charge in [-0.15, -0.1) is 0 Å². The number of carbonyl (C=O) groups excluding carboxylic acids is 1. The molecule has 1 atom stereocenters. The maximum Gasteiger partial charge on any atom is 0.270 e. The zero-order valence-electron chi connectivity index (χ0n) is 16.0. The van der Waals surface area contributed by atoms with Crippen LogP contribution in [0.4, 0.5) is 5.95 Å². The van der Waals surface area contributed by atoms with Gasteiger partial charge in [0.15, 0.2) is 17.6 Å². The number of benzene rings is 3. The number of amides is 1. The molecular formula is C22H19N3O4.